The molecule has 0 heterocycles. The Balaban J connectivity index is 0.00000220. The van der Waals surface area contributed by atoms with Crippen LogP contribution < -0.4 is 5.32 Å². The van der Waals surface area contributed by atoms with Gasteiger partial charge in [-0.2, -0.15) is 0 Å². The number of rotatable bonds is 3. The number of carboxylic acid groups (broad SMARTS) is 1. The van der Waals surface area contributed by atoms with Gasteiger partial charge in [-0.15, -0.1) is 0 Å². The summed E-state index contributed by atoms with van der Waals surface area (Å²) in [6.45, 7) is 0. The van der Waals surface area contributed by atoms with Gasteiger partial charge in [0.05, 0.1) is 0 Å². The summed E-state index contributed by atoms with van der Waals surface area (Å²) in [6, 6.07) is 3.84. The van der Waals surface area contributed by atoms with Gasteiger partial charge < -0.3 is 14.9 Å². The van der Waals surface area contributed by atoms with Crippen LogP contribution in [0.15, 0.2) is 18.2 Å². The number of aromatic carboxylic acids is 1. The number of nitrogens with one attached hydrogen (secondary N) is 1. The molecule has 0 aliphatic heterocycles. The first-order chi connectivity index (χ1) is 9.56. The van der Waals surface area contributed by atoms with E-state index < -0.39 is 12.1 Å². The maximum atomic E-state index is 11.7. The average Bonchev–Trinajstić information content (AvgIpc) is 2.41. The molecule has 0 spiro atoms. The van der Waals surface area contributed by atoms with Crippen LogP contribution >= 0.6 is 0 Å². The van der Waals surface area contributed by atoms with Crippen molar-refractivity contribution in [2.75, 3.05) is 5.32 Å². The number of ether oxygens (including phenoxy) is 1. The van der Waals surface area contributed by atoms with Gasteiger partial charge in [-0.1, -0.05) is 6.42 Å². The Morgan fingerprint density at radius 2 is 1.86 bits per heavy atom. The van der Waals surface area contributed by atoms with E-state index in [1.54, 1.807) is 0 Å². The molecule has 1 aromatic rings. The van der Waals surface area contributed by atoms with Crippen molar-refractivity contribution in [3.8, 4) is 5.75 Å². The number of benzene rings is 1. The Morgan fingerprint density at radius 3 is 2.48 bits per heavy atom. The number of amides is 1. The molecule has 1 amide bonds. The van der Waals surface area contributed by atoms with Crippen molar-refractivity contribution in [1.82, 2.24) is 0 Å². The van der Waals surface area contributed by atoms with Gasteiger partial charge in [0, 0.05) is 5.69 Å². The quantitative estimate of drug-likeness (QED) is 0.585. The second-order valence-electron chi connectivity index (χ2n) is 4.83. The van der Waals surface area contributed by atoms with Crippen LogP contribution in [0.25, 0.3) is 0 Å². The van der Waals surface area contributed by atoms with E-state index in [1.807, 2.05) is 0 Å². The topological polar surface area (TPSA) is 95.9 Å². The molecule has 1 aliphatic rings. The Bertz CT molecular complexity index is 514. The SMILES string of the molecule is O=C(Nc1ccc(O)c(C(=O)O)c1)OC1CCCCC1.[CaH2]. The van der Waals surface area contributed by atoms with Gasteiger partial charge in [-0.05, 0) is 43.9 Å². The minimum absolute atomic E-state index is 0. The Kier molecular flexibility index (Phi) is 7.28. The van der Waals surface area contributed by atoms with Crippen LogP contribution in [0.1, 0.15) is 42.5 Å². The maximum absolute atomic E-state index is 11.7. The van der Waals surface area contributed by atoms with E-state index in [0.717, 1.165) is 25.7 Å². The zero-order valence-electron chi connectivity index (χ0n) is 11.0. The first-order valence-electron chi connectivity index (χ1n) is 6.60. The van der Waals surface area contributed by atoms with Crippen LogP contribution in [-0.4, -0.2) is 66.1 Å². The summed E-state index contributed by atoms with van der Waals surface area (Å²) in [6.07, 6.45) is 4.34. The molecule has 7 heteroatoms. The third kappa shape index (κ3) is 5.37. The fourth-order valence-electron chi connectivity index (χ4n) is 2.27. The predicted molar refractivity (Wildman–Crippen MR) is 80.6 cm³/mol. The molecule has 21 heavy (non-hydrogen) atoms. The first-order valence-corrected chi connectivity index (χ1v) is 6.60. The second kappa shape index (κ2) is 8.46. The van der Waals surface area contributed by atoms with Crippen molar-refractivity contribution in [1.29, 1.82) is 0 Å². The molecule has 1 fully saturated rings. The number of hydrogen-bond donors (Lipinski definition) is 3. The number of aromatic hydroxyl groups is 1. The van der Waals surface area contributed by atoms with Gasteiger partial charge in [-0.3, -0.25) is 5.32 Å². The Morgan fingerprint density at radius 1 is 1.19 bits per heavy atom. The molecular formula is C14H19CaNO5. The van der Waals surface area contributed by atoms with Gasteiger partial charge in [0.2, 0.25) is 0 Å². The second-order valence-corrected chi connectivity index (χ2v) is 4.83. The van der Waals surface area contributed by atoms with E-state index in [4.69, 9.17) is 9.84 Å². The summed E-state index contributed by atoms with van der Waals surface area (Å²) in [5.41, 5.74) is 0.0153. The Labute approximate surface area is 152 Å². The number of carbonyl (C=O) groups excluding carboxylic acids is 1. The third-order valence-corrected chi connectivity index (χ3v) is 3.30. The zero-order valence-corrected chi connectivity index (χ0v) is 11.0. The fourth-order valence-corrected chi connectivity index (χ4v) is 2.27. The van der Waals surface area contributed by atoms with E-state index >= 15 is 0 Å². The first kappa shape index (κ1) is 18.1. The van der Waals surface area contributed by atoms with E-state index in [-0.39, 0.29) is 60.8 Å². The van der Waals surface area contributed by atoms with Crippen LogP contribution in [0.2, 0.25) is 0 Å². The molecule has 1 saturated carbocycles. The van der Waals surface area contributed by atoms with Gasteiger partial charge in [0.15, 0.2) is 0 Å². The van der Waals surface area contributed by atoms with Crippen LogP contribution in [0.5, 0.6) is 5.75 Å². The number of carboxylic acids is 1. The molecule has 1 aliphatic carbocycles. The molecular weight excluding hydrogens is 302 g/mol. The van der Waals surface area contributed by atoms with Crippen LogP contribution in [0.3, 0.4) is 0 Å². The van der Waals surface area contributed by atoms with E-state index in [9.17, 15) is 14.7 Å². The Hall–Kier alpha value is -0.980. The van der Waals surface area contributed by atoms with Crippen molar-refractivity contribution in [2.24, 2.45) is 0 Å². The summed E-state index contributed by atoms with van der Waals surface area (Å²) in [5.74, 6) is -1.60. The van der Waals surface area contributed by atoms with Crippen molar-refractivity contribution in [3.05, 3.63) is 23.8 Å². The minimum atomic E-state index is -1.26. The van der Waals surface area contributed by atoms with Gasteiger partial charge in [-0.25, -0.2) is 9.59 Å². The van der Waals surface area contributed by atoms with Crippen LogP contribution in [0, 0.1) is 0 Å². The molecule has 112 valence electrons. The van der Waals surface area contributed by atoms with Crippen molar-refractivity contribution in [3.63, 3.8) is 0 Å². The van der Waals surface area contributed by atoms with Crippen LogP contribution in [0.4, 0.5) is 10.5 Å². The van der Waals surface area contributed by atoms with Crippen molar-refractivity contribution < 1.29 is 24.5 Å². The molecule has 3 N–H and O–H groups in total. The number of hydrogen-bond acceptors (Lipinski definition) is 4. The molecule has 0 aromatic heterocycles. The number of anilines is 1. The molecule has 0 bridgehead atoms. The monoisotopic (exact) mass is 321 g/mol. The van der Waals surface area contributed by atoms with E-state index in [2.05, 4.69) is 5.32 Å². The standard InChI is InChI=1S/C14H17NO5.Ca.2H/c16-12-7-6-9(8-11(12)13(17)18)15-14(19)20-10-4-2-1-3-5-10;;;/h6-8,10,16H,1-5H2,(H,15,19)(H,17,18);;;. The molecule has 0 unspecified atom stereocenters. The molecule has 1 aromatic carbocycles. The van der Waals surface area contributed by atoms with Crippen molar-refractivity contribution >= 4 is 55.5 Å². The summed E-state index contributed by atoms with van der Waals surface area (Å²) >= 11 is 0. The summed E-state index contributed by atoms with van der Waals surface area (Å²) in [5, 5.41) is 20.7. The predicted octanol–water partition coefficient (Wildman–Crippen LogP) is 2.06. The summed E-state index contributed by atoms with van der Waals surface area (Å²) in [4.78, 5) is 22.6. The number of carbonyl (C=O) groups is 2. The van der Waals surface area contributed by atoms with Crippen molar-refractivity contribution in [2.45, 2.75) is 38.2 Å². The van der Waals surface area contributed by atoms with E-state index in [0.29, 0.717) is 0 Å². The van der Waals surface area contributed by atoms with Gasteiger partial charge >= 0.3 is 49.8 Å². The van der Waals surface area contributed by atoms with Gasteiger partial charge in [0.25, 0.3) is 0 Å². The normalized spacial score (nSPS) is 14.9. The molecule has 6 nitrogen and oxygen atoms in total. The van der Waals surface area contributed by atoms with Crippen LogP contribution in [-0.2, 0) is 4.74 Å². The number of phenols is 1. The molecule has 0 atom stereocenters. The molecule has 0 radical (unpaired) electrons. The third-order valence-electron chi connectivity index (χ3n) is 3.30. The summed E-state index contributed by atoms with van der Waals surface area (Å²) < 4.78 is 5.27. The fraction of sp³-hybridized carbons (Fsp3) is 0.429. The average molecular weight is 321 g/mol. The zero-order chi connectivity index (χ0) is 14.5. The summed E-state index contributed by atoms with van der Waals surface area (Å²) in [7, 11) is 0. The molecule has 2 rings (SSSR count). The molecule has 0 saturated heterocycles. The van der Waals surface area contributed by atoms with E-state index in [1.165, 1.54) is 24.6 Å². The van der Waals surface area contributed by atoms with Gasteiger partial charge in [0.1, 0.15) is 17.4 Å².